The summed E-state index contributed by atoms with van der Waals surface area (Å²) in [6.07, 6.45) is 7.56. The summed E-state index contributed by atoms with van der Waals surface area (Å²) in [6, 6.07) is 0.0888. The summed E-state index contributed by atoms with van der Waals surface area (Å²) in [6.45, 7) is 9.73. The molecule has 0 radical (unpaired) electrons. The molecule has 7 N–H and O–H groups in total. The van der Waals surface area contributed by atoms with E-state index in [4.69, 9.17) is 20.0 Å². The third kappa shape index (κ3) is 9.97. The molecule has 2 heterocycles. The third-order valence-electron chi connectivity index (χ3n) is 6.07. The van der Waals surface area contributed by atoms with Gasteiger partial charge >= 0.3 is 23.5 Å². The fourth-order valence-electron chi connectivity index (χ4n) is 3.94. The van der Waals surface area contributed by atoms with Gasteiger partial charge in [-0.2, -0.15) is 18.6 Å². The Balaban J connectivity index is 0.000000559. The Hall–Kier alpha value is -1.74. The predicted octanol–water partition coefficient (Wildman–Crippen LogP) is 2.79. The van der Waals surface area contributed by atoms with Crippen molar-refractivity contribution in [3.63, 3.8) is 0 Å². The molecular weight excluding hydrogens is 591 g/mol. The first kappa shape index (κ1) is 32.8. The van der Waals surface area contributed by atoms with Gasteiger partial charge in [-0.05, 0) is 38.9 Å². The second-order valence-corrected chi connectivity index (χ2v) is 13.5. The van der Waals surface area contributed by atoms with E-state index in [1.807, 2.05) is 0 Å². The lowest BCUT2D eigenvalue weighted by molar-refractivity contribution is 0.159. The smallest absolute Gasteiger partial charge is 0.368 e. The fourth-order valence-corrected chi connectivity index (χ4v) is 7.02. The van der Waals surface area contributed by atoms with Gasteiger partial charge in [0.2, 0.25) is 5.95 Å². The van der Waals surface area contributed by atoms with Crippen molar-refractivity contribution < 1.29 is 46.4 Å². The van der Waals surface area contributed by atoms with Gasteiger partial charge < -0.3 is 40.1 Å². The molecule has 17 nitrogen and oxygen atoms in total. The number of aromatic nitrogens is 4. The highest BCUT2D eigenvalue weighted by Crippen LogP contribution is 2.66. The average molecular weight is 627 g/mol. The van der Waals surface area contributed by atoms with Gasteiger partial charge in [0.15, 0.2) is 17.0 Å². The van der Waals surface area contributed by atoms with E-state index in [9.17, 15) is 23.5 Å². The van der Waals surface area contributed by atoms with Gasteiger partial charge in [-0.3, -0.25) is 4.52 Å². The summed E-state index contributed by atoms with van der Waals surface area (Å²) in [5.41, 5.74) is 6.91. The standard InChI is InChI=1S/C14H21N6O10P3.C6H15N/c15-14-18-12(17-9-2-3-9)11-13(19-14)20(7-16-11)10-4-1-8(5-10)6-28-32(24,25)30-33(26,27)29-31(21,22)23;1-4-7(5-2)6-3/h1,4,7-10H,2-3,5-6H2,(H,24,25)(H,26,27)(H2,21,22,23)(H3,15,17,18,19);4-6H2,1-3H3/t8-,10+;/m1./s1. The van der Waals surface area contributed by atoms with Crippen LogP contribution in [0.25, 0.3) is 11.2 Å². The van der Waals surface area contributed by atoms with Crippen molar-refractivity contribution in [1.29, 1.82) is 0 Å². The number of imidazole rings is 1. The van der Waals surface area contributed by atoms with Gasteiger partial charge in [0.1, 0.15) is 0 Å². The highest BCUT2D eigenvalue weighted by atomic mass is 31.3. The molecule has 2 unspecified atom stereocenters. The number of nitrogens with one attached hydrogen (secondary N) is 1. The van der Waals surface area contributed by atoms with E-state index < -0.39 is 36.0 Å². The van der Waals surface area contributed by atoms with Crippen molar-refractivity contribution in [3.8, 4) is 0 Å². The number of nitrogens with zero attached hydrogens (tertiary/aromatic N) is 5. The molecule has 0 saturated heterocycles. The lowest BCUT2D eigenvalue weighted by Gasteiger charge is -2.18. The van der Waals surface area contributed by atoms with Crippen LogP contribution in [0.15, 0.2) is 18.5 Å². The molecule has 4 atom stereocenters. The number of anilines is 2. The number of hydrogen-bond acceptors (Lipinski definition) is 12. The number of nitrogen functional groups attached to an aromatic ring is 1. The zero-order chi connectivity index (χ0) is 29.7. The Bertz CT molecular complexity index is 1320. The molecule has 0 amide bonds. The molecule has 1 saturated carbocycles. The van der Waals surface area contributed by atoms with Crippen LogP contribution in [0.2, 0.25) is 0 Å². The largest absolute Gasteiger partial charge is 0.490 e. The van der Waals surface area contributed by atoms with Gasteiger partial charge in [-0.1, -0.05) is 32.9 Å². The molecule has 20 heteroatoms. The highest BCUT2D eigenvalue weighted by molar-refractivity contribution is 7.66. The maximum atomic E-state index is 11.9. The molecule has 2 aromatic rings. The second kappa shape index (κ2) is 13.5. The minimum atomic E-state index is -5.55. The van der Waals surface area contributed by atoms with Crippen molar-refractivity contribution in [3.05, 3.63) is 18.5 Å². The summed E-state index contributed by atoms with van der Waals surface area (Å²) < 4.78 is 47.8. The fraction of sp³-hybridized carbons (Fsp3) is 0.650. The first-order chi connectivity index (χ1) is 18.6. The highest BCUT2D eigenvalue weighted by Gasteiger charge is 2.41. The first-order valence-electron chi connectivity index (χ1n) is 12.6. The van der Waals surface area contributed by atoms with E-state index >= 15 is 0 Å². The molecule has 0 spiro atoms. The molecule has 40 heavy (non-hydrogen) atoms. The Kier molecular flexibility index (Phi) is 11.1. The van der Waals surface area contributed by atoms with Crippen molar-refractivity contribution in [2.45, 2.75) is 52.1 Å². The molecule has 2 aliphatic carbocycles. The SMILES string of the molecule is CCN(CC)CC.Nc1nc(NC2CC2)c2ncn([C@H]3C=C[C@@H](COP(=O)(O)OP(=O)(O)OP(=O)(O)O)C3)c2n1. The summed E-state index contributed by atoms with van der Waals surface area (Å²) in [5, 5.41) is 3.26. The van der Waals surface area contributed by atoms with Crippen LogP contribution in [0.3, 0.4) is 0 Å². The number of phosphoric acid groups is 3. The van der Waals surface area contributed by atoms with Gasteiger partial charge in [0.05, 0.1) is 19.0 Å². The van der Waals surface area contributed by atoms with Crippen molar-refractivity contribution >= 4 is 46.4 Å². The molecule has 0 bridgehead atoms. The normalized spacial score (nSPS) is 22.1. The average Bonchev–Trinajstić information content (AvgIpc) is 3.34. The number of rotatable bonds is 13. The van der Waals surface area contributed by atoms with Gasteiger partial charge in [-0.15, -0.1) is 0 Å². The summed E-state index contributed by atoms with van der Waals surface area (Å²) >= 11 is 0. The van der Waals surface area contributed by atoms with E-state index in [0.717, 1.165) is 12.8 Å². The van der Waals surface area contributed by atoms with Crippen LogP contribution in [0, 0.1) is 5.92 Å². The van der Waals surface area contributed by atoms with E-state index in [-0.39, 0.29) is 12.0 Å². The Labute approximate surface area is 231 Å². The van der Waals surface area contributed by atoms with E-state index in [2.05, 4.69) is 54.6 Å². The van der Waals surface area contributed by atoms with Gasteiger partial charge in [0.25, 0.3) is 0 Å². The van der Waals surface area contributed by atoms with Crippen LogP contribution in [0.5, 0.6) is 0 Å². The topological polar surface area (TPSA) is 245 Å². The molecule has 2 aliphatic rings. The van der Waals surface area contributed by atoms with Crippen LogP contribution in [-0.2, 0) is 26.8 Å². The molecule has 2 aromatic heterocycles. The van der Waals surface area contributed by atoms with Crippen LogP contribution >= 0.6 is 23.5 Å². The number of allylic oxidation sites excluding steroid dienone is 1. The molecule has 226 valence electrons. The first-order valence-corrected chi connectivity index (χ1v) is 17.1. The van der Waals surface area contributed by atoms with E-state index in [1.54, 1.807) is 23.0 Å². The molecule has 0 aromatic carbocycles. The van der Waals surface area contributed by atoms with E-state index in [0.29, 0.717) is 29.4 Å². The monoisotopic (exact) mass is 627 g/mol. The maximum Gasteiger partial charge on any atom is 0.490 e. The molecule has 0 aliphatic heterocycles. The lowest BCUT2D eigenvalue weighted by atomic mass is 10.1. The second-order valence-electron chi connectivity index (χ2n) is 9.13. The molecular formula is C20H36N7O10P3. The minimum absolute atomic E-state index is 0.0820. The zero-order valence-corrected chi connectivity index (χ0v) is 25.0. The van der Waals surface area contributed by atoms with Crippen LogP contribution in [0.4, 0.5) is 11.8 Å². The van der Waals surface area contributed by atoms with Crippen LogP contribution < -0.4 is 11.1 Å². The maximum absolute atomic E-state index is 11.9. The van der Waals surface area contributed by atoms with Crippen molar-refractivity contribution in [1.82, 2.24) is 24.4 Å². The Morgan fingerprint density at radius 1 is 1.02 bits per heavy atom. The molecule has 1 fully saturated rings. The third-order valence-corrected chi connectivity index (χ3v) is 9.88. The van der Waals surface area contributed by atoms with Crippen molar-refractivity contribution in [2.75, 3.05) is 37.3 Å². The summed E-state index contributed by atoms with van der Waals surface area (Å²) in [4.78, 5) is 51.2. The quantitative estimate of drug-likeness (QED) is 0.138. The summed E-state index contributed by atoms with van der Waals surface area (Å²) in [7, 11) is -16.2. The zero-order valence-electron chi connectivity index (χ0n) is 22.3. The van der Waals surface area contributed by atoms with Crippen molar-refractivity contribution in [2.24, 2.45) is 5.92 Å². The minimum Gasteiger partial charge on any atom is -0.368 e. The van der Waals surface area contributed by atoms with Crippen LogP contribution in [-0.4, -0.2) is 76.3 Å². The van der Waals surface area contributed by atoms with E-state index in [1.165, 1.54) is 19.6 Å². The number of phosphoric ester groups is 1. The number of nitrogens with two attached hydrogens (primary N) is 1. The predicted molar refractivity (Wildman–Crippen MR) is 146 cm³/mol. The van der Waals surface area contributed by atoms with Gasteiger partial charge in [-0.25, -0.2) is 18.7 Å². The number of hydrogen-bond donors (Lipinski definition) is 6. The van der Waals surface area contributed by atoms with Crippen LogP contribution in [0.1, 0.15) is 46.1 Å². The lowest BCUT2D eigenvalue weighted by Crippen LogP contribution is -2.21. The summed E-state index contributed by atoms with van der Waals surface area (Å²) in [5.74, 6) is 0.226. The molecule has 4 rings (SSSR count). The number of fused-ring (bicyclic) bond motifs is 1. The van der Waals surface area contributed by atoms with Gasteiger partial charge in [0, 0.05) is 12.0 Å². The Morgan fingerprint density at radius 3 is 2.23 bits per heavy atom. The Morgan fingerprint density at radius 2 is 1.68 bits per heavy atom.